The van der Waals surface area contributed by atoms with Crippen LogP contribution in [-0.4, -0.2) is 58.6 Å². The molecule has 0 aromatic carbocycles. The first kappa shape index (κ1) is 24.0. The highest BCUT2D eigenvalue weighted by Gasteiger charge is 2.27. The minimum atomic E-state index is -3.14. The Morgan fingerprint density at radius 3 is 2.65 bits per heavy atom. The number of thioether (sulfide) groups is 1. The van der Waals surface area contributed by atoms with E-state index in [0.29, 0.717) is 35.9 Å². The van der Waals surface area contributed by atoms with Crippen LogP contribution < -0.4 is 10.2 Å². The van der Waals surface area contributed by atoms with Crippen LogP contribution in [0.25, 0.3) is 11.3 Å². The van der Waals surface area contributed by atoms with Gasteiger partial charge < -0.3 is 15.0 Å². The van der Waals surface area contributed by atoms with E-state index in [-0.39, 0.29) is 5.56 Å². The molecule has 0 atom stereocenters. The molecule has 0 spiro atoms. The fourth-order valence-corrected chi connectivity index (χ4v) is 4.07. The monoisotopic (exact) mass is 486 g/mol. The van der Waals surface area contributed by atoms with Crippen molar-refractivity contribution in [1.29, 1.82) is 0 Å². The highest BCUT2D eigenvalue weighted by atomic mass is 32.2. The van der Waals surface area contributed by atoms with Gasteiger partial charge in [0.15, 0.2) is 0 Å². The molecule has 1 amide bonds. The van der Waals surface area contributed by atoms with Gasteiger partial charge in [-0.3, -0.25) is 14.8 Å². The van der Waals surface area contributed by atoms with Gasteiger partial charge in [0.05, 0.1) is 36.5 Å². The molecule has 1 aliphatic rings. The van der Waals surface area contributed by atoms with Gasteiger partial charge in [-0.1, -0.05) is 0 Å². The minimum Gasteiger partial charge on any atom is -0.378 e. The normalized spacial score (nSPS) is 14.2. The number of pyridine rings is 2. The maximum absolute atomic E-state index is 13.6. The number of anilines is 2. The highest BCUT2D eigenvalue weighted by Crippen LogP contribution is 2.32. The Labute approximate surface area is 200 Å². The van der Waals surface area contributed by atoms with Crippen LogP contribution in [0.15, 0.2) is 41.7 Å². The summed E-state index contributed by atoms with van der Waals surface area (Å²) in [6.45, 7) is 5.40. The predicted molar refractivity (Wildman–Crippen MR) is 127 cm³/mol. The van der Waals surface area contributed by atoms with Crippen LogP contribution in [0, 0.1) is 6.92 Å². The number of alkyl halides is 2. The Kier molecular flexibility index (Phi) is 7.03. The molecule has 0 unspecified atom stereocenters. The third-order valence-electron chi connectivity index (χ3n) is 5.38. The van der Waals surface area contributed by atoms with Gasteiger partial charge in [-0.15, -0.1) is 22.0 Å². The van der Waals surface area contributed by atoms with Crippen LogP contribution in [0.3, 0.4) is 0 Å². The van der Waals surface area contributed by atoms with Gasteiger partial charge in [0.1, 0.15) is 10.7 Å². The van der Waals surface area contributed by atoms with Crippen molar-refractivity contribution in [2.45, 2.75) is 24.8 Å². The Morgan fingerprint density at radius 1 is 1.18 bits per heavy atom. The van der Waals surface area contributed by atoms with Gasteiger partial charge in [-0.05, 0) is 37.4 Å². The maximum atomic E-state index is 13.6. The zero-order valence-corrected chi connectivity index (χ0v) is 19.8. The van der Waals surface area contributed by atoms with Gasteiger partial charge in [0.25, 0.3) is 11.8 Å². The van der Waals surface area contributed by atoms with Gasteiger partial charge >= 0.3 is 0 Å². The number of aromatic nitrogens is 4. The molecule has 0 aliphatic carbocycles. The number of carbonyl (C=O) groups excluding carboxylic acids is 1. The van der Waals surface area contributed by atoms with Crippen molar-refractivity contribution >= 4 is 29.0 Å². The Hall–Kier alpha value is -3.18. The Balaban J connectivity index is 1.62. The number of aryl methyl sites for hydroxylation is 1. The van der Waals surface area contributed by atoms with E-state index in [0.717, 1.165) is 36.8 Å². The lowest BCUT2D eigenvalue weighted by Crippen LogP contribution is -2.36. The average molecular weight is 487 g/mol. The molecule has 34 heavy (non-hydrogen) atoms. The van der Waals surface area contributed by atoms with Crippen molar-refractivity contribution < 1.29 is 18.3 Å². The summed E-state index contributed by atoms with van der Waals surface area (Å²) in [5, 5.41) is 12.3. The number of nitrogens with zero attached hydrogens (tertiary/aromatic N) is 5. The third-order valence-corrected chi connectivity index (χ3v) is 6.06. The summed E-state index contributed by atoms with van der Waals surface area (Å²) in [5.41, 5.74) is 3.04. The standard InChI is InChI=1S/C23H24F2N6O2S/c1-14-17(18-12-19(22(34-3)30-29-18)31-6-8-33-9-7-31)11-16(13-27-14)28-21(32)15-4-5-26-20(10-15)23(2,24)25/h4-5,10-13H,6-9H2,1-3H3,(H,28,32). The number of hydrogen-bond acceptors (Lipinski definition) is 8. The third kappa shape index (κ3) is 5.31. The smallest absolute Gasteiger partial charge is 0.286 e. The van der Waals surface area contributed by atoms with Gasteiger partial charge in [0, 0.05) is 43.0 Å². The molecule has 3 aromatic rings. The number of rotatable bonds is 6. The first-order valence-electron chi connectivity index (χ1n) is 10.6. The van der Waals surface area contributed by atoms with Crippen molar-refractivity contribution in [2.75, 3.05) is 42.8 Å². The summed E-state index contributed by atoms with van der Waals surface area (Å²) in [6, 6.07) is 6.19. The lowest BCUT2D eigenvalue weighted by atomic mass is 10.1. The van der Waals surface area contributed by atoms with E-state index in [2.05, 4.69) is 30.4 Å². The van der Waals surface area contributed by atoms with E-state index >= 15 is 0 Å². The summed E-state index contributed by atoms with van der Waals surface area (Å²) < 4.78 is 32.7. The molecular formula is C23H24F2N6O2S. The highest BCUT2D eigenvalue weighted by molar-refractivity contribution is 7.98. The van der Waals surface area contributed by atoms with E-state index in [1.165, 1.54) is 30.2 Å². The van der Waals surface area contributed by atoms with E-state index in [1.807, 2.05) is 19.2 Å². The molecule has 1 N–H and O–H groups in total. The lowest BCUT2D eigenvalue weighted by molar-refractivity contribution is 0.0127. The lowest BCUT2D eigenvalue weighted by Gasteiger charge is -2.29. The zero-order valence-electron chi connectivity index (χ0n) is 19.0. The zero-order chi connectivity index (χ0) is 24.3. The molecule has 178 valence electrons. The van der Waals surface area contributed by atoms with Crippen molar-refractivity contribution in [3.8, 4) is 11.3 Å². The minimum absolute atomic E-state index is 0.0763. The number of amides is 1. The molecule has 1 aliphatic heterocycles. The molecular weight excluding hydrogens is 462 g/mol. The summed E-state index contributed by atoms with van der Waals surface area (Å²) in [4.78, 5) is 23.0. The van der Waals surface area contributed by atoms with Crippen LogP contribution in [-0.2, 0) is 10.7 Å². The van der Waals surface area contributed by atoms with Crippen molar-refractivity contribution in [1.82, 2.24) is 20.2 Å². The van der Waals surface area contributed by atoms with Crippen LogP contribution in [0.4, 0.5) is 20.2 Å². The van der Waals surface area contributed by atoms with E-state index in [1.54, 1.807) is 6.07 Å². The molecule has 4 rings (SSSR count). The fourth-order valence-electron chi connectivity index (χ4n) is 3.55. The summed E-state index contributed by atoms with van der Waals surface area (Å²) in [5.74, 6) is -3.68. The second-order valence-corrected chi connectivity index (χ2v) is 8.65. The van der Waals surface area contributed by atoms with Crippen molar-refractivity contribution in [3.05, 3.63) is 53.6 Å². The van der Waals surface area contributed by atoms with Gasteiger partial charge in [0.2, 0.25) is 0 Å². The van der Waals surface area contributed by atoms with Crippen LogP contribution in [0.1, 0.15) is 28.7 Å². The number of halogens is 2. The summed E-state index contributed by atoms with van der Waals surface area (Å²) >= 11 is 1.52. The molecule has 0 bridgehead atoms. The fraction of sp³-hybridized carbons (Fsp3) is 0.348. The number of morpholine rings is 1. The number of nitrogens with one attached hydrogen (secondary N) is 1. The quantitative estimate of drug-likeness (QED) is 0.519. The molecule has 11 heteroatoms. The molecule has 3 aromatic heterocycles. The second-order valence-electron chi connectivity index (χ2n) is 7.85. The number of ether oxygens (including phenoxy) is 1. The summed E-state index contributed by atoms with van der Waals surface area (Å²) in [6.07, 6.45) is 4.66. The summed E-state index contributed by atoms with van der Waals surface area (Å²) in [7, 11) is 0. The van der Waals surface area contributed by atoms with Gasteiger partial charge in [-0.25, -0.2) is 0 Å². The van der Waals surface area contributed by atoms with Crippen molar-refractivity contribution in [2.24, 2.45) is 0 Å². The topological polar surface area (TPSA) is 93.1 Å². The molecule has 8 nitrogen and oxygen atoms in total. The Bertz CT molecular complexity index is 1200. The largest absolute Gasteiger partial charge is 0.378 e. The molecule has 0 radical (unpaired) electrons. The van der Waals surface area contributed by atoms with Crippen LogP contribution >= 0.6 is 11.8 Å². The van der Waals surface area contributed by atoms with E-state index in [9.17, 15) is 13.6 Å². The van der Waals surface area contributed by atoms with Gasteiger partial charge in [-0.2, -0.15) is 8.78 Å². The predicted octanol–water partition coefficient (Wildman–Crippen LogP) is 4.16. The number of hydrogen-bond donors (Lipinski definition) is 1. The molecule has 4 heterocycles. The Morgan fingerprint density at radius 2 is 1.94 bits per heavy atom. The van der Waals surface area contributed by atoms with E-state index in [4.69, 9.17) is 4.74 Å². The molecule has 1 fully saturated rings. The van der Waals surface area contributed by atoms with Crippen LogP contribution in [0.2, 0.25) is 0 Å². The van der Waals surface area contributed by atoms with Crippen molar-refractivity contribution in [3.63, 3.8) is 0 Å². The SMILES string of the molecule is CSc1nnc(-c2cc(NC(=O)c3ccnc(C(C)(F)F)c3)cnc2C)cc1N1CCOCC1. The maximum Gasteiger partial charge on any atom is 0.286 e. The average Bonchev–Trinajstić information content (AvgIpc) is 2.85. The number of carbonyl (C=O) groups is 1. The molecule has 1 saturated heterocycles. The first-order valence-corrected chi connectivity index (χ1v) is 11.9. The molecule has 0 saturated carbocycles. The van der Waals surface area contributed by atoms with Crippen LogP contribution in [0.5, 0.6) is 0 Å². The first-order chi connectivity index (χ1) is 16.3. The van der Waals surface area contributed by atoms with E-state index < -0.39 is 17.5 Å². The second kappa shape index (κ2) is 9.98.